The normalized spacial score (nSPS) is 9.95. The lowest BCUT2D eigenvalue weighted by molar-refractivity contribution is 0.0965. The molecule has 96 valence electrons. The lowest BCUT2D eigenvalue weighted by Gasteiger charge is -2.17. The van der Waals surface area contributed by atoms with Crippen molar-refractivity contribution in [1.29, 1.82) is 5.26 Å². The second kappa shape index (κ2) is 5.40. The molecule has 19 heavy (non-hydrogen) atoms. The highest BCUT2D eigenvalue weighted by molar-refractivity contribution is 6.04. The van der Waals surface area contributed by atoms with E-state index in [4.69, 9.17) is 9.68 Å². The van der Waals surface area contributed by atoms with Crippen molar-refractivity contribution in [2.75, 3.05) is 11.9 Å². The van der Waals surface area contributed by atoms with Crippen molar-refractivity contribution >= 4 is 11.6 Å². The molecule has 0 spiro atoms. The molecule has 1 aromatic heterocycles. The van der Waals surface area contributed by atoms with E-state index < -0.39 is 0 Å². The summed E-state index contributed by atoms with van der Waals surface area (Å²) < 4.78 is 5.44. The van der Waals surface area contributed by atoms with Crippen LogP contribution in [0.2, 0.25) is 0 Å². The highest BCUT2D eigenvalue weighted by atomic mass is 16.4. The number of anilines is 1. The topological polar surface area (TPSA) is 57.2 Å². The Morgan fingerprint density at radius 1 is 1.32 bits per heavy atom. The first-order chi connectivity index (χ1) is 9.17. The maximum absolute atomic E-state index is 12.3. The zero-order chi connectivity index (χ0) is 13.8. The number of benzene rings is 1. The number of aryl methyl sites for hydroxylation is 1. The molecule has 0 aliphatic rings. The van der Waals surface area contributed by atoms with E-state index in [0.717, 1.165) is 12.2 Å². The van der Waals surface area contributed by atoms with Crippen LogP contribution in [0.15, 0.2) is 40.8 Å². The number of furan rings is 1. The fourth-order valence-corrected chi connectivity index (χ4v) is 1.82. The molecule has 0 unspecified atom stereocenters. The molecule has 0 fully saturated rings. The van der Waals surface area contributed by atoms with Crippen molar-refractivity contribution in [3.05, 3.63) is 53.5 Å². The van der Waals surface area contributed by atoms with Gasteiger partial charge in [0.15, 0.2) is 5.76 Å². The molecule has 0 radical (unpaired) electrons. The zero-order valence-corrected chi connectivity index (χ0v) is 10.9. The van der Waals surface area contributed by atoms with Gasteiger partial charge >= 0.3 is 0 Å². The summed E-state index contributed by atoms with van der Waals surface area (Å²) in [6, 6.07) is 12.5. The summed E-state index contributed by atoms with van der Waals surface area (Å²) in [5, 5.41) is 9.05. The van der Waals surface area contributed by atoms with Crippen molar-refractivity contribution in [2.45, 2.75) is 13.3 Å². The molecule has 0 saturated carbocycles. The predicted octanol–water partition coefficient (Wildman–Crippen LogP) is 2.99. The van der Waals surface area contributed by atoms with Gasteiger partial charge in [-0.05, 0) is 24.3 Å². The summed E-state index contributed by atoms with van der Waals surface area (Å²) in [4.78, 5) is 13.7. The Labute approximate surface area is 111 Å². The van der Waals surface area contributed by atoms with Gasteiger partial charge in [0.2, 0.25) is 0 Å². The molecule has 1 aromatic carbocycles. The Morgan fingerprint density at radius 2 is 2.05 bits per heavy atom. The van der Waals surface area contributed by atoms with Crippen LogP contribution in [-0.4, -0.2) is 13.0 Å². The predicted molar refractivity (Wildman–Crippen MR) is 72.0 cm³/mol. The first kappa shape index (κ1) is 12.9. The number of hydrogen-bond acceptors (Lipinski definition) is 3. The smallest absolute Gasteiger partial charge is 0.293 e. The van der Waals surface area contributed by atoms with Gasteiger partial charge in [0.25, 0.3) is 5.91 Å². The number of carbonyl (C=O) groups excluding carboxylic acids is 1. The highest BCUT2D eigenvalue weighted by Gasteiger charge is 2.19. The molecule has 0 bridgehead atoms. The standard InChI is InChI=1S/C15H14N2O2/c1-3-12-8-9-14(19-12)15(18)17(2)13-7-5-4-6-11(13)10-16/h4-9H,3H2,1-2H3. The largest absolute Gasteiger partial charge is 0.456 e. The second-order valence-corrected chi connectivity index (χ2v) is 4.11. The number of carbonyl (C=O) groups is 1. The minimum atomic E-state index is -0.262. The maximum atomic E-state index is 12.3. The molecule has 0 N–H and O–H groups in total. The fourth-order valence-electron chi connectivity index (χ4n) is 1.82. The maximum Gasteiger partial charge on any atom is 0.293 e. The SMILES string of the molecule is CCc1ccc(C(=O)N(C)c2ccccc2C#N)o1. The quantitative estimate of drug-likeness (QED) is 0.846. The highest BCUT2D eigenvalue weighted by Crippen LogP contribution is 2.21. The Hall–Kier alpha value is -2.54. The number of nitrogens with zero attached hydrogens (tertiary/aromatic N) is 2. The van der Waals surface area contributed by atoms with Crippen molar-refractivity contribution in [1.82, 2.24) is 0 Å². The Kier molecular flexibility index (Phi) is 3.67. The number of amides is 1. The van der Waals surface area contributed by atoms with Crippen LogP contribution in [-0.2, 0) is 6.42 Å². The Bertz CT molecular complexity index is 638. The van der Waals surface area contributed by atoms with Crippen LogP contribution in [0.1, 0.15) is 28.8 Å². The lowest BCUT2D eigenvalue weighted by atomic mass is 10.2. The summed E-state index contributed by atoms with van der Waals surface area (Å²) in [5.74, 6) is 0.791. The summed E-state index contributed by atoms with van der Waals surface area (Å²) in [6.07, 6.45) is 0.742. The van der Waals surface area contributed by atoms with Crippen LogP contribution < -0.4 is 4.90 Å². The van der Waals surface area contributed by atoms with E-state index in [9.17, 15) is 4.79 Å². The van der Waals surface area contributed by atoms with E-state index >= 15 is 0 Å². The van der Waals surface area contributed by atoms with Gasteiger partial charge in [-0.15, -0.1) is 0 Å². The van der Waals surface area contributed by atoms with E-state index in [1.807, 2.05) is 6.92 Å². The van der Waals surface area contributed by atoms with Gasteiger partial charge in [-0.25, -0.2) is 0 Å². The van der Waals surface area contributed by atoms with Crippen LogP contribution in [0.5, 0.6) is 0 Å². The van der Waals surface area contributed by atoms with E-state index in [2.05, 4.69) is 6.07 Å². The molecule has 0 saturated heterocycles. The van der Waals surface area contributed by atoms with Gasteiger partial charge in [0, 0.05) is 13.5 Å². The van der Waals surface area contributed by atoms with Crippen molar-refractivity contribution in [3.8, 4) is 6.07 Å². The Balaban J connectivity index is 2.31. The fraction of sp³-hybridized carbons (Fsp3) is 0.200. The lowest BCUT2D eigenvalue weighted by Crippen LogP contribution is -2.26. The van der Waals surface area contributed by atoms with E-state index in [-0.39, 0.29) is 11.7 Å². The number of rotatable bonds is 3. The molecule has 0 aliphatic heterocycles. The first-order valence-corrected chi connectivity index (χ1v) is 6.03. The third kappa shape index (κ3) is 2.50. The minimum absolute atomic E-state index is 0.262. The van der Waals surface area contributed by atoms with Crippen LogP contribution in [0.25, 0.3) is 0 Å². The molecule has 1 heterocycles. The molecule has 4 heteroatoms. The molecule has 0 aliphatic carbocycles. The monoisotopic (exact) mass is 254 g/mol. The molecule has 1 amide bonds. The average Bonchev–Trinajstić information content (AvgIpc) is 2.94. The van der Waals surface area contributed by atoms with Gasteiger partial charge in [0.05, 0.1) is 11.3 Å². The second-order valence-electron chi connectivity index (χ2n) is 4.11. The van der Waals surface area contributed by atoms with Crippen molar-refractivity contribution in [2.24, 2.45) is 0 Å². The van der Waals surface area contributed by atoms with Gasteiger partial charge in [-0.1, -0.05) is 19.1 Å². The molecule has 4 nitrogen and oxygen atoms in total. The summed E-state index contributed by atoms with van der Waals surface area (Å²) >= 11 is 0. The first-order valence-electron chi connectivity index (χ1n) is 6.03. The van der Waals surface area contributed by atoms with Gasteiger partial charge < -0.3 is 9.32 Å². The van der Waals surface area contributed by atoms with Crippen LogP contribution in [0.3, 0.4) is 0 Å². The summed E-state index contributed by atoms with van der Waals surface area (Å²) in [6.45, 7) is 1.96. The molecular formula is C15H14N2O2. The minimum Gasteiger partial charge on any atom is -0.456 e. The Morgan fingerprint density at radius 3 is 2.68 bits per heavy atom. The van der Waals surface area contributed by atoms with Gasteiger partial charge in [-0.3, -0.25) is 4.79 Å². The number of hydrogen-bond donors (Lipinski definition) is 0. The summed E-state index contributed by atoms with van der Waals surface area (Å²) in [5.41, 5.74) is 1.03. The molecule has 2 aromatic rings. The van der Waals surface area contributed by atoms with Gasteiger partial charge in [0.1, 0.15) is 11.8 Å². The van der Waals surface area contributed by atoms with E-state index in [1.54, 1.807) is 43.4 Å². The number of para-hydroxylation sites is 1. The van der Waals surface area contributed by atoms with E-state index in [0.29, 0.717) is 11.3 Å². The van der Waals surface area contributed by atoms with E-state index in [1.165, 1.54) is 4.90 Å². The average molecular weight is 254 g/mol. The van der Waals surface area contributed by atoms with Crippen molar-refractivity contribution in [3.63, 3.8) is 0 Å². The third-order valence-electron chi connectivity index (χ3n) is 2.91. The summed E-state index contributed by atoms with van der Waals surface area (Å²) in [7, 11) is 1.63. The molecular weight excluding hydrogens is 240 g/mol. The molecule has 0 atom stereocenters. The molecule has 2 rings (SSSR count). The van der Waals surface area contributed by atoms with Gasteiger partial charge in [-0.2, -0.15) is 5.26 Å². The van der Waals surface area contributed by atoms with Crippen LogP contribution in [0, 0.1) is 11.3 Å². The van der Waals surface area contributed by atoms with Crippen LogP contribution >= 0.6 is 0 Å². The number of nitriles is 1. The zero-order valence-electron chi connectivity index (χ0n) is 10.9. The van der Waals surface area contributed by atoms with Crippen molar-refractivity contribution < 1.29 is 9.21 Å². The van der Waals surface area contributed by atoms with Crippen LogP contribution in [0.4, 0.5) is 5.69 Å². The third-order valence-corrected chi connectivity index (χ3v) is 2.91.